The van der Waals surface area contributed by atoms with E-state index in [1.54, 1.807) is 42.7 Å². The van der Waals surface area contributed by atoms with Gasteiger partial charge in [0.05, 0.1) is 32.3 Å². The highest BCUT2D eigenvalue weighted by molar-refractivity contribution is 6.92. The Hall–Kier alpha value is -1.10. The largest absolute Gasteiger partial charge is 0.500 e. The molecule has 0 saturated carbocycles. The van der Waals surface area contributed by atoms with Crippen molar-refractivity contribution in [2.24, 2.45) is 0 Å². The zero-order chi connectivity index (χ0) is 42.3. The molecule has 2 unspecified atom stereocenters. The predicted molar refractivity (Wildman–Crippen MR) is 250 cm³/mol. The summed E-state index contributed by atoms with van der Waals surface area (Å²) in [7, 11) is -1.92. The number of amides is 1. The van der Waals surface area contributed by atoms with Crippen LogP contribution >= 0.6 is 0 Å². The molecular weight excluding hydrogens is 806 g/mol. The van der Waals surface area contributed by atoms with E-state index in [1.165, 1.54) is 37.7 Å². The van der Waals surface area contributed by atoms with Gasteiger partial charge in [-0.3, -0.25) is 0 Å². The van der Waals surface area contributed by atoms with Crippen LogP contribution < -0.4 is 20.7 Å². The third kappa shape index (κ3) is 14.0. The van der Waals surface area contributed by atoms with E-state index >= 15 is 0 Å². The highest BCUT2D eigenvalue weighted by atomic mass is 28.4. The van der Waals surface area contributed by atoms with Crippen molar-refractivity contribution in [3.05, 3.63) is 48.5 Å². The van der Waals surface area contributed by atoms with Crippen molar-refractivity contribution in [2.75, 3.05) is 55.7 Å². The smallest absolute Gasteiger partial charge is 0.377 e. The first-order valence-electron chi connectivity index (χ1n) is 20.8. The van der Waals surface area contributed by atoms with Gasteiger partial charge in [0.15, 0.2) is 0 Å². The van der Waals surface area contributed by atoms with Crippen LogP contribution in [0.5, 0.6) is 0 Å². The normalized spacial score (nSPS) is 15.1. The van der Waals surface area contributed by atoms with Crippen molar-refractivity contribution in [3.63, 3.8) is 0 Å². The molecule has 0 aliphatic carbocycles. The van der Waals surface area contributed by atoms with E-state index in [2.05, 4.69) is 102 Å². The monoisotopic (exact) mass is 883 g/mol. The van der Waals surface area contributed by atoms with E-state index in [-0.39, 0.29) is 0 Å². The van der Waals surface area contributed by atoms with Crippen LogP contribution in [0.3, 0.4) is 0 Å². The molecule has 0 aliphatic rings. The fraction of sp³-hybridized carbons (Fsp3) is 0.683. The van der Waals surface area contributed by atoms with Crippen molar-refractivity contribution in [1.82, 2.24) is 4.90 Å². The SMILES string of the molecule is CC[Si](C)(CCC[Si](OC)(OC)OC)c1ccc([Si](C)(C)CCCN(CCC[Si](C)(C)c2ccc([Si](C)(CC)CCC[Si](OC)(OC)OC)cc2)C(=O)F)cc1. The average molecular weight is 885 g/mol. The summed E-state index contributed by atoms with van der Waals surface area (Å²) < 4.78 is 48.3. The molecule has 0 aromatic heterocycles. The van der Waals surface area contributed by atoms with Gasteiger partial charge >= 0.3 is 23.8 Å². The zero-order valence-electron chi connectivity index (χ0n) is 37.7. The minimum absolute atomic E-state index is 0.472. The van der Waals surface area contributed by atoms with E-state index in [4.69, 9.17) is 26.6 Å². The Labute approximate surface area is 347 Å². The summed E-state index contributed by atoms with van der Waals surface area (Å²) in [6, 6.07) is 27.2. The van der Waals surface area contributed by atoms with E-state index in [1.807, 2.05) is 0 Å². The van der Waals surface area contributed by atoms with Gasteiger partial charge in [-0.05, 0) is 12.8 Å². The number of carbonyl (C=O) groups excluding carboxylic acids is 1. The second-order valence-electron chi connectivity index (χ2n) is 17.5. The Kier molecular flexibility index (Phi) is 21.0. The lowest BCUT2D eigenvalue weighted by Crippen LogP contribution is -2.48. The summed E-state index contributed by atoms with van der Waals surface area (Å²) in [5.74, 6) is 0. The average Bonchev–Trinajstić information content (AvgIpc) is 3.20. The van der Waals surface area contributed by atoms with Gasteiger partial charge in [0.2, 0.25) is 0 Å². The van der Waals surface area contributed by atoms with E-state index in [0.717, 1.165) is 61.9 Å². The van der Waals surface area contributed by atoms with Gasteiger partial charge in [-0.25, -0.2) is 4.79 Å². The third-order valence-corrected chi connectivity index (χ3v) is 35.4. The highest BCUT2D eigenvalue weighted by Crippen LogP contribution is 2.26. The van der Waals surface area contributed by atoms with Gasteiger partial charge in [0.25, 0.3) is 0 Å². The molecule has 56 heavy (non-hydrogen) atoms. The summed E-state index contributed by atoms with van der Waals surface area (Å²) in [6.45, 7) is 20.1. The first-order chi connectivity index (χ1) is 26.3. The van der Waals surface area contributed by atoms with Crippen LogP contribution in [0.2, 0.25) is 87.6 Å². The molecule has 2 aromatic carbocycles. The standard InChI is InChI=1S/C41H78FNO7Si6/c1-15-53(13,33-19-35-55(45-3,46-4)47-5)39-25-21-37(22-26-39)51(9,10)31-17-29-43(41(42)44)30-18-32-52(11,12)38-23-27-40(28-24-38)54(14,16-2)34-20-36-56(48-6,49-7)50-8/h21-28H,15-20,29-36H2,1-14H3. The van der Waals surface area contributed by atoms with Crippen molar-refractivity contribution in [3.8, 4) is 0 Å². The fourth-order valence-electron chi connectivity index (χ4n) is 8.20. The van der Waals surface area contributed by atoms with E-state index in [9.17, 15) is 9.18 Å². The summed E-state index contributed by atoms with van der Waals surface area (Å²) >= 11 is 0. The van der Waals surface area contributed by atoms with Gasteiger partial charge in [-0.1, -0.05) is 172 Å². The summed E-state index contributed by atoms with van der Waals surface area (Å²) in [5.41, 5.74) is 0. The second kappa shape index (κ2) is 23.0. The second-order valence-corrected chi connectivity index (χ2v) is 43.2. The van der Waals surface area contributed by atoms with Crippen LogP contribution in [0.4, 0.5) is 9.18 Å². The molecule has 1 amide bonds. The van der Waals surface area contributed by atoms with E-state index in [0.29, 0.717) is 13.1 Å². The lowest BCUT2D eigenvalue weighted by molar-refractivity contribution is 0.123. The number of carbonyl (C=O) groups is 1. The lowest BCUT2D eigenvalue weighted by atomic mass is 10.3. The van der Waals surface area contributed by atoms with Crippen molar-refractivity contribution in [2.45, 2.75) is 127 Å². The number of benzene rings is 2. The van der Waals surface area contributed by atoms with Crippen molar-refractivity contribution < 1.29 is 35.7 Å². The number of hydrogen-bond donors (Lipinski definition) is 0. The molecule has 2 aromatic rings. The molecule has 0 saturated heterocycles. The van der Waals surface area contributed by atoms with Gasteiger partial charge in [-0.15, -0.1) is 4.39 Å². The number of halogens is 1. The molecular formula is C41H78FNO7Si6. The maximum Gasteiger partial charge on any atom is 0.500 e. The fourth-order valence-corrected chi connectivity index (χ4v) is 23.1. The molecule has 0 fully saturated rings. The molecule has 320 valence electrons. The quantitative estimate of drug-likeness (QED) is 0.0482. The first kappa shape index (κ1) is 51.0. The molecule has 2 atom stereocenters. The summed E-state index contributed by atoms with van der Waals surface area (Å²) in [5, 5.41) is 5.82. The topological polar surface area (TPSA) is 75.7 Å². The summed E-state index contributed by atoms with van der Waals surface area (Å²) in [4.78, 5) is 13.6. The Morgan fingerprint density at radius 2 is 0.768 bits per heavy atom. The maximum atomic E-state index is 14.3. The molecule has 0 aliphatic heterocycles. The molecule has 2 rings (SSSR count). The van der Waals surface area contributed by atoms with Crippen LogP contribution in [-0.2, 0) is 26.6 Å². The number of rotatable bonds is 28. The van der Waals surface area contributed by atoms with Gasteiger partial charge in [0, 0.05) is 67.8 Å². The zero-order valence-corrected chi connectivity index (χ0v) is 43.7. The van der Waals surface area contributed by atoms with Crippen LogP contribution in [0.1, 0.15) is 39.5 Å². The maximum absolute atomic E-state index is 14.3. The molecule has 8 nitrogen and oxygen atoms in total. The Morgan fingerprint density at radius 1 is 0.482 bits per heavy atom. The molecule has 0 heterocycles. The van der Waals surface area contributed by atoms with Gasteiger partial charge < -0.3 is 31.5 Å². The highest BCUT2D eigenvalue weighted by Gasteiger charge is 2.40. The molecule has 0 spiro atoms. The van der Waals surface area contributed by atoms with Crippen molar-refractivity contribution in [1.29, 1.82) is 0 Å². The van der Waals surface area contributed by atoms with Crippen LogP contribution in [0, 0.1) is 0 Å². The Morgan fingerprint density at radius 3 is 1.02 bits per heavy atom. The number of hydrogen-bond acceptors (Lipinski definition) is 7. The third-order valence-electron chi connectivity index (χ3n) is 13.3. The first-order valence-corrected chi connectivity index (χ1v) is 36.9. The summed E-state index contributed by atoms with van der Waals surface area (Å²) in [6.07, 6.45) is 2.39. The Bertz CT molecular complexity index is 1330. The van der Waals surface area contributed by atoms with Crippen LogP contribution in [0.15, 0.2) is 48.5 Å². The Balaban J connectivity index is 1.96. The van der Waals surface area contributed by atoms with Gasteiger partial charge in [0.1, 0.15) is 0 Å². The minimum atomic E-state index is -2.57. The number of nitrogens with zero attached hydrogens (tertiary/aromatic N) is 1. The molecule has 0 N–H and O–H groups in total. The lowest BCUT2D eigenvalue weighted by Gasteiger charge is -2.31. The van der Waals surface area contributed by atoms with Crippen LogP contribution in [-0.4, -0.2) is 117 Å². The van der Waals surface area contributed by atoms with Crippen LogP contribution in [0.25, 0.3) is 0 Å². The predicted octanol–water partition coefficient (Wildman–Crippen LogP) is 8.54. The molecule has 0 bridgehead atoms. The molecule has 15 heteroatoms. The minimum Gasteiger partial charge on any atom is -0.377 e. The van der Waals surface area contributed by atoms with E-state index < -0.39 is 56.1 Å². The van der Waals surface area contributed by atoms with Crippen molar-refractivity contribution >= 4 is 76.8 Å². The van der Waals surface area contributed by atoms with Gasteiger partial charge in [-0.2, -0.15) is 0 Å². The molecule has 0 radical (unpaired) electrons.